The van der Waals surface area contributed by atoms with Crippen molar-refractivity contribution in [2.45, 2.75) is 87.4 Å². The minimum Gasteiger partial charge on any atom is -0.354 e. The summed E-state index contributed by atoms with van der Waals surface area (Å²) in [5, 5.41) is 16.4. The molecule has 4 atom stereocenters. The van der Waals surface area contributed by atoms with Crippen LogP contribution in [0.25, 0.3) is 12.2 Å². The average molecular weight is 1160 g/mol. The maximum absolute atomic E-state index is 14.1. The molecule has 1 aliphatic carbocycles. The highest BCUT2D eigenvalue weighted by atomic mass is 35.5. The minimum absolute atomic E-state index is 0.00202. The van der Waals surface area contributed by atoms with E-state index in [9.17, 15) is 32.8 Å². The van der Waals surface area contributed by atoms with E-state index in [0.29, 0.717) is 63.6 Å². The highest BCUT2D eigenvalue weighted by Gasteiger charge is 2.35. The Morgan fingerprint density at radius 1 is 0.571 bits per heavy atom. The van der Waals surface area contributed by atoms with Crippen molar-refractivity contribution in [3.8, 4) is 0 Å². The van der Waals surface area contributed by atoms with Gasteiger partial charge in [-0.2, -0.15) is 0 Å². The van der Waals surface area contributed by atoms with Crippen LogP contribution in [0.15, 0.2) is 176 Å². The van der Waals surface area contributed by atoms with Crippen molar-refractivity contribution in [3.63, 3.8) is 0 Å². The van der Waals surface area contributed by atoms with E-state index in [1.54, 1.807) is 18.2 Å². The molecule has 13 nitrogen and oxygen atoms in total. The van der Waals surface area contributed by atoms with E-state index in [2.05, 4.69) is 75.1 Å². The van der Waals surface area contributed by atoms with Crippen LogP contribution in [-0.4, -0.2) is 116 Å². The van der Waals surface area contributed by atoms with E-state index in [0.717, 1.165) is 65.6 Å². The molecular weight excluding hydrogens is 1080 g/mol. The number of amides is 5. The van der Waals surface area contributed by atoms with Crippen molar-refractivity contribution in [1.82, 2.24) is 36.4 Å². The van der Waals surface area contributed by atoms with E-state index >= 15 is 0 Å². The van der Waals surface area contributed by atoms with E-state index in [1.165, 1.54) is 30.7 Å². The molecule has 0 aromatic heterocycles. The Morgan fingerprint density at radius 3 is 1.51 bits per heavy atom. The van der Waals surface area contributed by atoms with Gasteiger partial charge in [-0.25, -0.2) is 8.78 Å². The second-order valence-electron chi connectivity index (χ2n) is 21.8. The molecule has 5 amide bonds. The summed E-state index contributed by atoms with van der Waals surface area (Å²) in [6.07, 6.45) is 12.7. The van der Waals surface area contributed by atoms with Gasteiger partial charge in [-0.3, -0.25) is 29.3 Å². The zero-order valence-corrected chi connectivity index (χ0v) is 48.2. The van der Waals surface area contributed by atoms with Crippen LogP contribution in [0.2, 0.25) is 5.02 Å². The van der Waals surface area contributed by atoms with Gasteiger partial charge in [-0.15, -0.1) is 0 Å². The average Bonchev–Trinajstić information content (AvgIpc) is 4.00. The summed E-state index contributed by atoms with van der Waals surface area (Å²) in [4.78, 5) is 69.6. The highest BCUT2D eigenvalue weighted by molar-refractivity contribution is 6.30. The van der Waals surface area contributed by atoms with Crippen LogP contribution in [0.3, 0.4) is 0 Å². The fraction of sp³-hybridized carbons (Fsp3) is 0.338. The fourth-order valence-corrected chi connectivity index (χ4v) is 11.3. The van der Waals surface area contributed by atoms with Crippen LogP contribution in [0.4, 0.5) is 8.78 Å². The quantitative estimate of drug-likeness (QED) is 0.0386. The van der Waals surface area contributed by atoms with Gasteiger partial charge in [0.1, 0.15) is 17.7 Å². The van der Waals surface area contributed by atoms with E-state index in [-0.39, 0.29) is 72.1 Å². The molecule has 0 spiro atoms. The van der Waals surface area contributed by atoms with Crippen LogP contribution in [-0.2, 0) is 24.0 Å². The number of carbonyl (C=O) groups is 5. The Morgan fingerprint density at radius 2 is 1.04 bits per heavy atom. The largest absolute Gasteiger partial charge is 0.354 e. The first-order valence-electron chi connectivity index (χ1n) is 29.3. The summed E-state index contributed by atoms with van der Waals surface area (Å²) >= 11 is 5.96. The van der Waals surface area contributed by atoms with Crippen LogP contribution in [0, 0.1) is 17.6 Å². The van der Waals surface area contributed by atoms with Crippen LogP contribution in [0.5, 0.6) is 0 Å². The molecule has 2 saturated heterocycles. The predicted octanol–water partition coefficient (Wildman–Crippen LogP) is 9.39. The molecule has 0 bridgehead atoms. The number of benzene rings is 6. The third-order valence-corrected chi connectivity index (χ3v) is 16.1. The van der Waals surface area contributed by atoms with E-state index in [4.69, 9.17) is 17.3 Å². The maximum atomic E-state index is 14.1. The monoisotopic (exact) mass is 1160 g/mol. The SMILES string of the molecule is NCC[C@@H]1N[C@H](CNC(=O)C=Cc2ccc(F)cc2F)CCN(CC(c2ccccc2)c2ccccc2)C1=O.O=C(C=Cc1ccc(Cl)cc1)NC[C@@H]1CCN(CC(c2ccccc2)c2ccccc2)C(=O)[C@H](CNC(=O)C2CCCCC2)N1. The second-order valence-corrected chi connectivity index (χ2v) is 22.2. The number of carbonyl (C=O) groups excluding carboxylic acids is 5. The van der Waals surface area contributed by atoms with Gasteiger partial charge in [-0.1, -0.05) is 164 Å². The summed E-state index contributed by atoms with van der Waals surface area (Å²) in [6, 6.07) is 50.0. The zero-order valence-electron chi connectivity index (χ0n) is 47.4. The minimum atomic E-state index is -0.739. The third kappa shape index (κ3) is 18.8. The zero-order chi connectivity index (χ0) is 59.0. The molecule has 9 rings (SSSR count). The Labute approximate surface area is 497 Å². The van der Waals surface area contributed by atoms with E-state index in [1.807, 2.05) is 94.7 Å². The van der Waals surface area contributed by atoms with Gasteiger partial charge in [0.25, 0.3) is 0 Å². The van der Waals surface area contributed by atoms with Gasteiger partial charge in [0.05, 0.1) is 6.04 Å². The van der Waals surface area contributed by atoms with Gasteiger partial charge in [-0.05, 0) is 103 Å². The lowest BCUT2D eigenvalue weighted by Crippen LogP contribution is -2.54. The molecular formula is C68H77ClF2N8O5. The number of hydrogen-bond acceptors (Lipinski definition) is 8. The molecule has 3 aliphatic rings. The molecule has 6 aromatic rings. The van der Waals surface area contributed by atoms with Crippen LogP contribution >= 0.6 is 11.6 Å². The number of halogens is 3. The summed E-state index contributed by atoms with van der Waals surface area (Å²) < 4.78 is 26.9. The Hall–Kier alpha value is -7.82. The molecule has 1 saturated carbocycles. The summed E-state index contributed by atoms with van der Waals surface area (Å²) in [5.74, 6) is -2.01. The predicted molar refractivity (Wildman–Crippen MR) is 328 cm³/mol. The van der Waals surface area contributed by atoms with Crippen molar-refractivity contribution in [2.75, 3.05) is 52.4 Å². The Kier molecular flexibility index (Phi) is 23.9. The standard InChI is InChI=1S/C37H43ClN4O3.C31H34F2N4O2/c38-31-19-16-27(17-20-31)18-21-35(43)39-24-32-22-23-42(26-33(28-10-4-1-5-11-28)29-12-6-2-7-13-29)37(45)34(41-32)25-40-36(44)30-14-8-3-9-15-30;32-25-13-11-24(28(33)19-25)12-14-30(38)35-20-26-16-18-37(31(39)29(36-26)15-17-34)21-27(22-7-3-1-4-8-22)23-9-5-2-6-10-23/h1-2,4-7,10-13,16-21,30,32-34,41H,3,8-9,14-15,22-26H2,(H,39,43)(H,40,44);1-14,19,26-27,29,36H,15-18,20-21,34H2,(H,35,38)/t32-,34-;26-,29-/m00/s1. The van der Waals surface area contributed by atoms with Crippen LogP contribution < -0.4 is 32.3 Å². The van der Waals surface area contributed by atoms with Crippen molar-refractivity contribution in [1.29, 1.82) is 0 Å². The van der Waals surface area contributed by atoms with Gasteiger partial charge >= 0.3 is 0 Å². The van der Waals surface area contributed by atoms with Gasteiger partial charge in [0.2, 0.25) is 29.5 Å². The molecule has 6 aromatic carbocycles. The van der Waals surface area contributed by atoms with Crippen molar-refractivity contribution < 1.29 is 32.8 Å². The first kappa shape index (κ1) is 62.2. The smallest absolute Gasteiger partial charge is 0.244 e. The van der Waals surface area contributed by atoms with Crippen molar-refractivity contribution in [2.24, 2.45) is 11.7 Å². The molecule has 0 radical (unpaired) electrons. The van der Waals surface area contributed by atoms with Crippen LogP contribution in [0.1, 0.15) is 96.6 Å². The van der Waals surface area contributed by atoms with Gasteiger partial charge < -0.3 is 36.8 Å². The Balaban J connectivity index is 0.000000221. The fourth-order valence-electron chi connectivity index (χ4n) is 11.2. The van der Waals surface area contributed by atoms with E-state index < -0.39 is 29.6 Å². The number of nitrogens with zero attached hydrogens (tertiary/aromatic N) is 2. The summed E-state index contributed by atoms with van der Waals surface area (Å²) in [7, 11) is 0. The molecule has 0 unspecified atom stereocenters. The highest BCUT2D eigenvalue weighted by Crippen LogP contribution is 2.29. The first-order valence-corrected chi connectivity index (χ1v) is 29.7. The molecule has 3 fully saturated rings. The third-order valence-electron chi connectivity index (χ3n) is 15.8. The molecule has 440 valence electrons. The van der Waals surface area contributed by atoms with Crippen molar-refractivity contribution >= 4 is 53.3 Å². The lowest BCUT2D eigenvalue weighted by atomic mass is 9.88. The topological polar surface area (TPSA) is 178 Å². The lowest BCUT2D eigenvalue weighted by Gasteiger charge is -2.30. The lowest BCUT2D eigenvalue weighted by molar-refractivity contribution is -0.134. The van der Waals surface area contributed by atoms with Gasteiger partial charge in [0, 0.05) is 104 Å². The maximum Gasteiger partial charge on any atom is 0.244 e. The number of nitrogens with one attached hydrogen (secondary N) is 5. The first-order chi connectivity index (χ1) is 40.9. The second kappa shape index (κ2) is 32.3. The summed E-state index contributed by atoms with van der Waals surface area (Å²) in [6.45, 7) is 3.33. The molecule has 2 aliphatic heterocycles. The molecule has 84 heavy (non-hydrogen) atoms. The number of nitrogens with two attached hydrogens (primary N) is 1. The summed E-state index contributed by atoms with van der Waals surface area (Å²) in [5.41, 5.74) is 11.4. The number of hydrogen-bond donors (Lipinski definition) is 6. The van der Waals surface area contributed by atoms with Crippen molar-refractivity contribution in [3.05, 3.63) is 226 Å². The molecule has 16 heteroatoms. The number of rotatable bonds is 21. The molecule has 2 heterocycles. The van der Waals surface area contributed by atoms with Gasteiger partial charge in [0.15, 0.2) is 0 Å². The normalized spacial score (nSPS) is 18.7. The molecule has 7 N–H and O–H groups in total. The Bertz CT molecular complexity index is 3040.